The number of unbranched alkanes of at least 4 members (excludes halogenated alkanes) is 1. The minimum absolute atomic E-state index is 0.0148. The van der Waals surface area contributed by atoms with Gasteiger partial charge in [-0.2, -0.15) is 5.10 Å². The zero-order valence-corrected chi connectivity index (χ0v) is 19.4. The average Bonchev–Trinajstić information content (AvgIpc) is 3.07. The van der Waals surface area contributed by atoms with Crippen LogP contribution in [0.2, 0.25) is 0 Å². The van der Waals surface area contributed by atoms with Crippen LogP contribution in [0, 0.1) is 19.8 Å². The van der Waals surface area contributed by atoms with Crippen LogP contribution in [0.25, 0.3) is 0 Å². The third kappa shape index (κ3) is 4.82. The first-order valence-electron chi connectivity index (χ1n) is 11.2. The third-order valence-electron chi connectivity index (χ3n) is 6.18. The van der Waals surface area contributed by atoms with Gasteiger partial charge in [-0.05, 0) is 44.9 Å². The maximum atomic E-state index is 13.6. The predicted molar refractivity (Wildman–Crippen MR) is 128 cm³/mol. The molecule has 0 radical (unpaired) electrons. The molecule has 0 saturated carbocycles. The summed E-state index contributed by atoms with van der Waals surface area (Å²) in [7, 11) is 1.64. The summed E-state index contributed by atoms with van der Waals surface area (Å²) in [5, 5.41) is 10.1. The first-order chi connectivity index (χ1) is 14.9. The van der Waals surface area contributed by atoms with E-state index in [2.05, 4.69) is 74.6 Å². The number of anilines is 1. The number of amides is 1. The Hall–Kier alpha value is -2.66. The number of benzene rings is 2. The first kappa shape index (κ1) is 23.0. The lowest BCUT2D eigenvalue weighted by molar-refractivity contribution is -0.127. The molecule has 2 atom stereocenters. The highest BCUT2D eigenvalue weighted by Gasteiger charge is 2.53. The number of rotatable bonds is 9. The minimum atomic E-state index is -0.821. The molecule has 0 saturated heterocycles. The SMILES string of the molecule is CCCCC1C(c2ccc(C)cc2)=NN(c2ccc(C)cc2)C1(C)C(=O)NCCOC. The van der Waals surface area contributed by atoms with E-state index in [0.29, 0.717) is 13.2 Å². The molecule has 1 aliphatic heterocycles. The van der Waals surface area contributed by atoms with Crippen molar-refractivity contribution < 1.29 is 9.53 Å². The van der Waals surface area contributed by atoms with Gasteiger partial charge in [0, 0.05) is 19.6 Å². The molecule has 0 bridgehead atoms. The van der Waals surface area contributed by atoms with Gasteiger partial charge in [0.15, 0.2) is 0 Å². The summed E-state index contributed by atoms with van der Waals surface area (Å²) in [6.07, 6.45) is 3.02. The largest absolute Gasteiger partial charge is 0.383 e. The van der Waals surface area contributed by atoms with Crippen LogP contribution in [0.3, 0.4) is 0 Å². The fourth-order valence-electron chi connectivity index (χ4n) is 4.22. The van der Waals surface area contributed by atoms with Gasteiger partial charge in [-0.3, -0.25) is 4.79 Å². The minimum Gasteiger partial charge on any atom is -0.383 e. The van der Waals surface area contributed by atoms with Crippen molar-refractivity contribution in [2.24, 2.45) is 11.0 Å². The lowest BCUT2D eigenvalue weighted by Crippen LogP contribution is -2.58. The molecular formula is C26H35N3O2. The van der Waals surface area contributed by atoms with Crippen molar-refractivity contribution in [2.45, 2.75) is 52.5 Å². The Morgan fingerprint density at radius 1 is 1.10 bits per heavy atom. The molecule has 2 aromatic carbocycles. The van der Waals surface area contributed by atoms with E-state index in [4.69, 9.17) is 9.84 Å². The Kier molecular flexibility index (Phi) is 7.50. The monoisotopic (exact) mass is 421 g/mol. The van der Waals surface area contributed by atoms with Crippen molar-refractivity contribution in [2.75, 3.05) is 25.3 Å². The van der Waals surface area contributed by atoms with Gasteiger partial charge in [-0.1, -0.05) is 67.3 Å². The number of carbonyl (C=O) groups excluding carboxylic acids is 1. The Morgan fingerprint density at radius 3 is 2.29 bits per heavy atom. The van der Waals surface area contributed by atoms with Crippen LogP contribution in [0.5, 0.6) is 0 Å². The number of hydrogen-bond acceptors (Lipinski definition) is 4. The number of nitrogens with zero attached hydrogens (tertiary/aromatic N) is 2. The smallest absolute Gasteiger partial charge is 0.248 e. The number of hydrogen-bond donors (Lipinski definition) is 1. The Morgan fingerprint density at radius 2 is 1.71 bits per heavy atom. The fraction of sp³-hybridized carbons (Fsp3) is 0.462. The maximum absolute atomic E-state index is 13.6. The van der Waals surface area contributed by atoms with Crippen LogP contribution < -0.4 is 10.3 Å². The summed E-state index contributed by atoms with van der Waals surface area (Å²) in [6, 6.07) is 16.7. The van der Waals surface area contributed by atoms with E-state index in [1.165, 1.54) is 11.1 Å². The molecule has 31 heavy (non-hydrogen) atoms. The van der Waals surface area contributed by atoms with Gasteiger partial charge in [-0.25, -0.2) is 5.01 Å². The summed E-state index contributed by atoms with van der Waals surface area (Å²) in [4.78, 5) is 13.6. The molecule has 2 aromatic rings. The number of methoxy groups -OCH3 is 1. The zero-order chi connectivity index (χ0) is 22.4. The molecule has 1 amide bonds. The van der Waals surface area contributed by atoms with Gasteiger partial charge in [0.1, 0.15) is 5.54 Å². The Labute approximate surface area is 186 Å². The molecule has 0 fully saturated rings. The molecule has 0 spiro atoms. The topological polar surface area (TPSA) is 53.9 Å². The number of nitrogens with one attached hydrogen (secondary N) is 1. The number of hydrazone groups is 1. The summed E-state index contributed by atoms with van der Waals surface area (Å²) in [6.45, 7) is 9.33. The Balaban J connectivity index is 2.08. The van der Waals surface area contributed by atoms with E-state index in [1.54, 1.807) is 7.11 Å². The van der Waals surface area contributed by atoms with Crippen LogP contribution in [-0.2, 0) is 9.53 Å². The summed E-state index contributed by atoms with van der Waals surface area (Å²) in [5.41, 5.74) is 4.56. The molecule has 0 aliphatic carbocycles. The first-order valence-corrected chi connectivity index (χ1v) is 11.2. The highest BCUT2D eigenvalue weighted by atomic mass is 16.5. The number of aryl methyl sites for hydroxylation is 2. The summed E-state index contributed by atoms with van der Waals surface area (Å²) < 4.78 is 5.15. The van der Waals surface area contributed by atoms with Crippen LogP contribution >= 0.6 is 0 Å². The quantitative estimate of drug-likeness (QED) is 0.589. The Bertz CT molecular complexity index is 905. The summed E-state index contributed by atoms with van der Waals surface area (Å²) >= 11 is 0. The van der Waals surface area contributed by atoms with E-state index < -0.39 is 5.54 Å². The van der Waals surface area contributed by atoms with E-state index >= 15 is 0 Å². The zero-order valence-electron chi connectivity index (χ0n) is 19.4. The van der Waals surface area contributed by atoms with Crippen LogP contribution in [0.15, 0.2) is 53.6 Å². The predicted octanol–water partition coefficient (Wildman–Crippen LogP) is 4.86. The molecule has 5 nitrogen and oxygen atoms in total. The van der Waals surface area contributed by atoms with Gasteiger partial charge >= 0.3 is 0 Å². The number of carbonyl (C=O) groups is 1. The van der Waals surface area contributed by atoms with Crippen molar-refractivity contribution in [3.63, 3.8) is 0 Å². The molecule has 166 valence electrons. The lowest BCUT2D eigenvalue weighted by atomic mass is 9.77. The second-order valence-electron chi connectivity index (χ2n) is 8.59. The van der Waals surface area contributed by atoms with Crippen molar-refractivity contribution in [1.29, 1.82) is 0 Å². The van der Waals surface area contributed by atoms with Crippen molar-refractivity contribution in [3.8, 4) is 0 Å². The second kappa shape index (κ2) is 10.1. The van der Waals surface area contributed by atoms with Crippen LogP contribution in [0.4, 0.5) is 5.69 Å². The molecule has 1 heterocycles. The number of ether oxygens (including phenoxy) is 1. The molecule has 5 heteroatoms. The van der Waals surface area contributed by atoms with Crippen LogP contribution in [0.1, 0.15) is 49.8 Å². The molecule has 1 N–H and O–H groups in total. The standard InChI is InChI=1S/C26H35N3O2/c1-6-7-8-23-24(21-13-9-19(2)10-14-21)28-29(22-15-11-20(3)12-16-22)26(23,4)25(30)27-17-18-31-5/h9-16,23H,6-8,17-18H2,1-5H3,(H,27,30). The van der Waals surface area contributed by atoms with E-state index in [9.17, 15) is 4.79 Å². The lowest BCUT2D eigenvalue weighted by Gasteiger charge is -2.37. The molecule has 2 unspecified atom stereocenters. The molecule has 1 aliphatic rings. The normalized spacial score (nSPS) is 20.6. The van der Waals surface area contributed by atoms with E-state index in [0.717, 1.165) is 36.2 Å². The third-order valence-corrected chi connectivity index (χ3v) is 6.18. The highest BCUT2D eigenvalue weighted by Crippen LogP contribution is 2.41. The van der Waals surface area contributed by atoms with Gasteiger partial charge in [0.2, 0.25) is 5.91 Å². The molecule has 0 aromatic heterocycles. The van der Waals surface area contributed by atoms with Gasteiger partial charge in [-0.15, -0.1) is 0 Å². The van der Waals surface area contributed by atoms with Crippen molar-refractivity contribution in [1.82, 2.24) is 5.32 Å². The van der Waals surface area contributed by atoms with Crippen LogP contribution in [-0.4, -0.2) is 37.4 Å². The van der Waals surface area contributed by atoms with Crippen molar-refractivity contribution >= 4 is 17.3 Å². The van der Waals surface area contributed by atoms with E-state index in [1.807, 2.05) is 11.9 Å². The van der Waals surface area contributed by atoms with Gasteiger partial charge in [0.25, 0.3) is 0 Å². The fourth-order valence-corrected chi connectivity index (χ4v) is 4.22. The van der Waals surface area contributed by atoms with Gasteiger partial charge in [0.05, 0.1) is 18.0 Å². The molecular weight excluding hydrogens is 386 g/mol. The highest BCUT2D eigenvalue weighted by molar-refractivity contribution is 6.10. The summed E-state index contributed by atoms with van der Waals surface area (Å²) in [5.74, 6) is -0.0314. The second-order valence-corrected chi connectivity index (χ2v) is 8.59. The maximum Gasteiger partial charge on any atom is 0.248 e. The van der Waals surface area contributed by atoms with Gasteiger partial charge < -0.3 is 10.1 Å². The van der Waals surface area contributed by atoms with E-state index in [-0.39, 0.29) is 11.8 Å². The average molecular weight is 422 g/mol. The molecule has 3 rings (SSSR count). The van der Waals surface area contributed by atoms with Crippen molar-refractivity contribution in [3.05, 3.63) is 65.2 Å².